The third-order valence-electron chi connectivity index (χ3n) is 10.1. The van der Waals surface area contributed by atoms with Crippen LogP contribution < -0.4 is 0 Å². The smallest absolute Gasteiger partial charge is 0.0992 e. The molecule has 5 heteroatoms. The molecule has 0 spiro atoms. The second kappa shape index (κ2) is 11.8. The molecule has 0 N–H and O–H groups in total. The zero-order valence-electron chi connectivity index (χ0n) is 27.8. The molecule has 8 aromatic rings. The topological polar surface area (TPSA) is 81.2 Å². The van der Waals surface area contributed by atoms with Crippen LogP contribution in [0.5, 0.6) is 0 Å². The van der Waals surface area contributed by atoms with E-state index in [0.29, 0.717) is 22.6 Å². The van der Waals surface area contributed by atoms with Crippen molar-refractivity contribution in [2.75, 3.05) is 0 Å². The summed E-state index contributed by atoms with van der Waals surface area (Å²) in [4.78, 5) is 0. The highest BCUT2D eigenvalue weighted by atomic mass is 15.0. The standard InChI is InChI=1S/C46H29N5/c1-29-14-17-44-39(20-29)41-24-31(27-48)16-19-45(41)51(44)46-36(33-8-3-2-4-9-33)11-7-12-37(46)34-21-32(28-49)22-35(25-34)50-42-13-6-5-10-38(42)40-23-30(26-47)15-18-43(40)50/h2-19,21-25,29H,20H2,1H3. The molecule has 1 aliphatic carbocycles. The Hall–Kier alpha value is -7.13. The highest BCUT2D eigenvalue weighted by Crippen LogP contribution is 2.43. The fourth-order valence-electron chi connectivity index (χ4n) is 7.87. The third kappa shape index (κ3) is 4.74. The molecule has 5 nitrogen and oxygen atoms in total. The van der Waals surface area contributed by atoms with Crippen LogP contribution in [0.25, 0.3) is 72.4 Å². The van der Waals surface area contributed by atoms with E-state index < -0.39 is 0 Å². The first kappa shape index (κ1) is 30.0. The van der Waals surface area contributed by atoms with Crippen molar-refractivity contribution in [3.05, 3.63) is 161 Å². The molecule has 0 fully saturated rings. The van der Waals surface area contributed by atoms with Gasteiger partial charge >= 0.3 is 0 Å². The van der Waals surface area contributed by atoms with Crippen molar-refractivity contribution in [3.8, 4) is 51.8 Å². The van der Waals surface area contributed by atoms with Gasteiger partial charge in [-0.05, 0) is 95.8 Å². The SMILES string of the molecule is CC1C=Cc2c(c3cc(C#N)ccc3n2-c2c(-c3ccccc3)cccc2-c2cc(C#N)cc(-n3c4ccccc4c4cc(C#N)ccc43)c2)C1. The van der Waals surface area contributed by atoms with Gasteiger partial charge in [-0.2, -0.15) is 15.8 Å². The summed E-state index contributed by atoms with van der Waals surface area (Å²) in [6.45, 7) is 2.23. The normalized spacial score (nSPS) is 13.6. The minimum atomic E-state index is 0.372. The van der Waals surface area contributed by atoms with Crippen molar-refractivity contribution in [1.29, 1.82) is 15.8 Å². The monoisotopic (exact) mass is 651 g/mol. The molecule has 2 aromatic heterocycles. The zero-order chi connectivity index (χ0) is 34.6. The Morgan fingerprint density at radius 1 is 0.549 bits per heavy atom. The first-order chi connectivity index (χ1) is 25.1. The third-order valence-corrected chi connectivity index (χ3v) is 10.1. The molecule has 1 atom stereocenters. The van der Waals surface area contributed by atoms with Crippen LogP contribution in [0.15, 0.2) is 133 Å². The van der Waals surface area contributed by atoms with Gasteiger partial charge in [0.1, 0.15) is 0 Å². The minimum Gasteiger partial charge on any atom is -0.309 e. The number of fused-ring (bicyclic) bond motifs is 6. The molecule has 0 bridgehead atoms. The van der Waals surface area contributed by atoms with E-state index in [1.807, 2.05) is 60.7 Å². The number of nitrogens with zero attached hydrogens (tertiary/aromatic N) is 5. The Balaban J connectivity index is 1.38. The van der Waals surface area contributed by atoms with E-state index in [2.05, 4.69) is 113 Å². The quantitative estimate of drug-likeness (QED) is 0.190. The number of nitriles is 3. The van der Waals surface area contributed by atoms with E-state index in [0.717, 1.165) is 78.5 Å². The van der Waals surface area contributed by atoms with Crippen molar-refractivity contribution >= 4 is 38.8 Å². The maximum Gasteiger partial charge on any atom is 0.0992 e. The van der Waals surface area contributed by atoms with Gasteiger partial charge < -0.3 is 9.13 Å². The second-order valence-electron chi connectivity index (χ2n) is 13.2. The minimum absolute atomic E-state index is 0.372. The number of aromatic nitrogens is 2. The van der Waals surface area contributed by atoms with E-state index in [1.54, 1.807) is 0 Å². The molecule has 0 saturated carbocycles. The summed E-state index contributed by atoms with van der Waals surface area (Å²) in [5.74, 6) is 0.372. The molecule has 0 radical (unpaired) electrons. The van der Waals surface area contributed by atoms with Crippen LogP contribution in [0.1, 0.15) is 34.9 Å². The van der Waals surface area contributed by atoms with Gasteiger partial charge in [0.15, 0.2) is 0 Å². The predicted molar refractivity (Wildman–Crippen MR) is 205 cm³/mol. The second-order valence-corrected chi connectivity index (χ2v) is 13.2. The van der Waals surface area contributed by atoms with Crippen LogP contribution in [-0.2, 0) is 6.42 Å². The van der Waals surface area contributed by atoms with Crippen molar-refractivity contribution in [1.82, 2.24) is 9.13 Å². The van der Waals surface area contributed by atoms with Gasteiger partial charge in [-0.3, -0.25) is 0 Å². The predicted octanol–water partition coefficient (Wildman–Crippen LogP) is 10.9. The number of rotatable bonds is 4. The largest absolute Gasteiger partial charge is 0.309 e. The van der Waals surface area contributed by atoms with Crippen LogP contribution in [0, 0.1) is 39.9 Å². The van der Waals surface area contributed by atoms with Gasteiger partial charge in [0.2, 0.25) is 0 Å². The highest BCUT2D eigenvalue weighted by molar-refractivity contribution is 6.10. The number of allylic oxidation sites excluding steroid dienone is 1. The number of benzene rings is 6. The molecule has 0 aliphatic heterocycles. The van der Waals surface area contributed by atoms with E-state index >= 15 is 0 Å². The molecule has 2 heterocycles. The van der Waals surface area contributed by atoms with Gasteiger partial charge in [-0.1, -0.05) is 79.7 Å². The molecule has 1 aliphatic rings. The van der Waals surface area contributed by atoms with Crippen molar-refractivity contribution in [2.24, 2.45) is 5.92 Å². The van der Waals surface area contributed by atoms with Gasteiger partial charge in [0.05, 0.1) is 57.1 Å². The Bertz CT molecular complexity index is 2880. The summed E-state index contributed by atoms with van der Waals surface area (Å²) in [6.07, 6.45) is 5.37. The van der Waals surface area contributed by atoms with Gasteiger partial charge in [0, 0.05) is 38.7 Å². The molecule has 6 aromatic carbocycles. The first-order valence-corrected chi connectivity index (χ1v) is 17.0. The Kier molecular flexibility index (Phi) is 6.92. The number of hydrogen-bond acceptors (Lipinski definition) is 3. The molecule has 0 saturated heterocycles. The summed E-state index contributed by atoms with van der Waals surface area (Å²) in [5.41, 5.74) is 13.1. The Morgan fingerprint density at radius 3 is 1.94 bits per heavy atom. The number of para-hydroxylation sites is 2. The maximum absolute atomic E-state index is 10.4. The molecule has 238 valence electrons. The average Bonchev–Trinajstić information content (AvgIpc) is 3.69. The molecule has 0 amide bonds. The van der Waals surface area contributed by atoms with Crippen LogP contribution >= 0.6 is 0 Å². The lowest BCUT2D eigenvalue weighted by atomic mass is 9.92. The molecule has 9 rings (SSSR count). The summed E-state index contributed by atoms with van der Waals surface area (Å²) >= 11 is 0. The fourth-order valence-corrected chi connectivity index (χ4v) is 7.87. The van der Waals surface area contributed by atoms with Gasteiger partial charge in [-0.25, -0.2) is 0 Å². The van der Waals surface area contributed by atoms with Gasteiger partial charge in [0.25, 0.3) is 0 Å². The summed E-state index contributed by atoms with van der Waals surface area (Å²) in [6, 6.07) is 50.0. The van der Waals surface area contributed by atoms with E-state index in [-0.39, 0.29) is 0 Å². The maximum atomic E-state index is 10.4. The summed E-state index contributed by atoms with van der Waals surface area (Å²) < 4.78 is 4.55. The van der Waals surface area contributed by atoms with E-state index in [4.69, 9.17) is 0 Å². The van der Waals surface area contributed by atoms with E-state index in [1.165, 1.54) is 5.56 Å². The van der Waals surface area contributed by atoms with Crippen molar-refractivity contribution in [2.45, 2.75) is 13.3 Å². The lowest BCUT2D eigenvalue weighted by molar-refractivity contribution is 0.718. The highest BCUT2D eigenvalue weighted by Gasteiger charge is 2.25. The zero-order valence-corrected chi connectivity index (χ0v) is 27.8. The molecular formula is C46H29N5. The lowest BCUT2D eigenvalue weighted by Gasteiger charge is -2.22. The van der Waals surface area contributed by atoms with Crippen LogP contribution in [0.3, 0.4) is 0 Å². The lowest BCUT2D eigenvalue weighted by Crippen LogP contribution is -2.07. The molecular weight excluding hydrogens is 623 g/mol. The van der Waals surface area contributed by atoms with Crippen LogP contribution in [-0.4, -0.2) is 9.13 Å². The Morgan fingerprint density at radius 2 is 1.20 bits per heavy atom. The van der Waals surface area contributed by atoms with Crippen LogP contribution in [0.4, 0.5) is 0 Å². The van der Waals surface area contributed by atoms with Crippen molar-refractivity contribution in [3.63, 3.8) is 0 Å². The molecule has 1 unspecified atom stereocenters. The van der Waals surface area contributed by atoms with Crippen molar-refractivity contribution < 1.29 is 0 Å². The van der Waals surface area contributed by atoms with Crippen LogP contribution in [0.2, 0.25) is 0 Å². The average molecular weight is 652 g/mol. The Labute approximate surface area is 295 Å². The number of hydrogen-bond donors (Lipinski definition) is 0. The fraction of sp³-hybridized carbons (Fsp3) is 0.0652. The van der Waals surface area contributed by atoms with Gasteiger partial charge in [-0.15, -0.1) is 0 Å². The first-order valence-electron chi connectivity index (χ1n) is 17.0. The molecule has 51 heavy (non-hydrogen) atoms. The van der Waals surface area contributed by atoms with E-state index in [9.17, 15) is 15.8 Å². The summed E-state index contributed by atoms with van der Waals surface area (Å²) in [5, 5.41) is 33.1. The summed E-state index contributed by atoms with van der Waals surface area (Å²) in [7, 11) is 0.